The number of nitrogens with zero attached hydrogens (tertiary/aromatic N) is 1. The average Bonchev–Trinajstić information content (AvgIpc) is 2.33. The molecule has 0 fully saturated rings. The SMILES string of the molecule is Cc1ccc(C(=N)N)c(Oc2ccc(F)c(Br)c2)n1. The molecule has 0 unspecified atom stereocenters. The number of ether oxygens (including phenoxy) is 1. The van der Waals surface area contributed by atoms with Gasteiger partial charge in [-0.25, -0.2) is 9.37 Å². The van der Waals surface area contributed by atoms with Crippen molar-refractivity contribution in [2.45, 2.75) is 6.92 Å². The lowest BCUT2D eigenvalue weighted by atomic mass is 10.2. The highest BCUT2D eigenvalue weighted by atomic mass is 79.9. The van der Waals surface area contributed by atoms with Crippen molar-refractivity contribution in [2.75, 3.05) is 0 Å². The Morgan fingerprint density at radius 1 is 1.37 bits per heavy atom. The number of halogens is 2. The zero-order chi connectivity index (χ0) is 14.0. The van der Waals surface area contributed by atoms with Crippen LogP contribution < -0.4 is 10.5 Å². The molecule has 0 bridgehead atoms. The normalized spacial score (nSPS) is 10.3. The van der Waals surface area contributed by atoms with Gasteiger partial charge in [-0.05, 0) is 53.2 Å². The summed E-state index contributed by atoms with van der Waals surface area (Å²) in [5.41, 5.74) is 6.60. The minimum Gasteiger partial charge on any atom is -0.438 e. The number of hydrogen-bond donors (Lipinski definition) is 2. The Morgan fingerprint density at radius 3 is 2.74 bits per heavy atom. The fraction of sp³-hybridized carbons (Fsp3) is 0.0769. The molecule has 0 saturated carbocycles. The van der Waals surface area contributed by atoms with Gasteiger partial charge in [0.25, 0.3) is 0 Å². The predicted octanol–water partition coefficient (Wildman–Crippen LogP) is 3.37. The number of nitrogens with one attached hydrogen (secondary N) is 1. The van der Waals surface area contributed by atoms with Gasteiger partial charge in [0, 0.05) is 5.69 Å². The van der Waals surface area contributed by atoms with Crippen molar-refractivity contribution in [2.24, 2.45) is 5.73 Å². The molecule has 1 aromatic heterocycles. The highest BCUT2D eigenvalue weighted by Crippen LogP contribution is 2.27. The number of amidine groups is 1. The van der Waals surface area contributed by atoms with Gasteiger partial charge in [0.2, 0.25) is 5.88 Å². The summed E-state index contributed by atoms with van der Waals surface area (Å²) in [6, 6.07) is 7.66. The molecule has 1 aromatic carbocycles. The van der Waals surface area contributed by atoms with Crippen LogP contribution in [0, 0.1) is 18.2 Å². The summed E-state index contributed by atoms with van der Waals surface area (Å²) in [4.78, 5) is 4.19. The fourth-order valence-electron chi connectivity index (χ4n) is 1.47. The Balaban J connectivity index is 2.39. The highest BCUT2D eigenvalue weighted by molar-refractivity contribution is 9.10. The fourth-order valence-corrected chi connectivity index (χ4v) is 1.83. The largest absolute Gasteiger partial charge is 0.438 e. The summed E-state index contributed by atoms with van der Waals surface area (Å²) < 4.78 is 19.0. The number of benzene rings is 1. The van der Waals surface area contributed by atoms with E-state index in [4.69, 9.17) is 15.9 Å². The summed E-state index contributed by atoms with van der Waals surface area (Å²) >= 11 is 3.08. The number of nitrogens with two attached hydrogens (primary N) is 1. The molecule has 0 atom stereocenters. The van der Waals surface area contributed by atoms with Crippen LogP contribution in [0.25, 0.3) is 0 Å². The number of aromatic nitrogens is 1. The second-order valence-electron chi connectivity index (χ2n) is 3.90. The highest BCUT2D eigenvalue weighted by Gasteiger charge is 2.11. The van der Waals surface area contributed by atoms with Crippen LogP contribution >= 0.6 is 15.9 Å². The Kier molecular flexibility index (Phi) is 3.80. The van der Waals surface area contributed by atoms with Crippen LogP contribution in [0.2, 0.25) is 0 Å². The molecule has 0 aliphatic heterocycles. The molecule has 0 saturated heterocycles. The zero-order valence-corrected chi connectivity index (χ0v) is 11.7. The van der Waals surface area contributed by atoms with Gasteiger partial charge in [-0.3, -0.25) is 5.41 Å². The molecule has 6 heteroatoms. The first-order valence-corrected chi connectivity index (χ1v) is 6.21. The van der Waals surface area contributed by atoms with E-state index in [0.717, 1.165) is 5.69 Å². The number of aryl methyl sites for hydroxylation is 1. The summed E-state index contributed by atoms with van der Waals surface area (Å²) in [6.07, 6.45) is 0. The Morgan fingerprint density at radius 2 is 2.11 bits per heavy atom. The van der Waals surface area contributed by atoms with Crippen LogP contribution in [-0.4, -0.2) is 10.8 Å². The lowest BCUT2D eigenvalue weighted by molar-refractivity contribution is 0.458. The van der Waals surface area contributed by atoms with E-state index in [0.29, 0.717) is 15.8 Å². The summed E-state index contributed by atoms with van der Waals surface area (Å²) in [7, 11) is 0. The summed E-state index contributed by atoms with van der Waals surface area (Å²) in [6.45, 7) is 1.80. The van der Waals surface area contributed by atoms with Gasteiger partial charge in [-0.15, -0.1) is 0 Å². The third-order valence-corrected chi connectivity index (χ3v) is 3.00. The van der Waals surface area contributed by atoms with E-state index < -0.39 is 0 Å². The minimum atomic E-state index is -0.378. The van der Waals surface area contributed by atoms with Crippen molar-refractivity contribution < 1.29 is 9.13 Å². The summed E-state index contributed by atoms with van der Waals surface area (Å²) in [5.74, 6) is 0.125. The molecule has 0 amide bonds. The van der Waals surface area contributed by atoms with Gasteiger partial charge in [-0.2, -0.15) is 0 Å². The molecule has 19 heavy (non-hydrogen) atoms. The number of rotatable bonds is 3. The van der Waals surface area contributed by atoms with Crippen LogP contribution in [0.15, 0.2) is 34.8 Å². The van der Waals surface area contributed by atoms with Crippen LogP contribution in [0.4, 0.5) is 4.39 Å². The third-order valence-electron chi connectivity index (χ3n) is 2.40. The van der Waals surface area contributed by atoms with Crippen molar-refractivity contribution in [1.29, 1.82) is 5.41 Å². The van der Waals surface area contributed by atoms with Crippen molar-refractivity contribution in [3.8, 4) is 11.6 Å². The second-order valence-corrected chi connectivity index (χ2v) is 4.75. The second kappa shape index (κ2) is 5.36. The molecule has 1 heterocycles. The van der Waals surface area contributed by atoms with Gasteiger partial charge in [0.05, 0.1) is 10.0 Å². The molecule has 0 radical (unpaired) electrons. The van der Waals surface area contributed by atoms with Crippen LogP contribution in [0.1, 0.15) is 11.3 Å². The number of pyridine rings is 1. The van der Waals surface area contributed by atoms with Crippen LogP contribution in [0.3, 0.4) is 0 Å². The molecular formula is C13H11BrFN3O. The van der Waals surface area contributed by atoms with Crippen LogP contribution in [-0.2, 0) is 0 Å². The Hall–Kier alpha value is -1.95. The molecule has 4 nitrogen and oxygen atoms in total. The van der Waals surface area contributed by atoms with Gasteiger partial charge < -0.3 is 10.5 Å². The van der Waals surface area contributed by atoms with Crippen molar-refractivity contribution in [1.82, 2.24) is 4.98 Å². The quantitative estimate of drug-likeness (QED) is 0.672. The molecule has 0 aliphatic rings. The van der Waals surface area contributed by atoms with E-state index in [1.165, 1.54) is 18.2 Å². The van der Waals surface area contributed by atoms with E-state index in [2.05, 4.69) is 20.9 Å². The average molecular weight is 324 g/mol. The maximum Gasteiger partial charge on any atom is 0.230 e. The molecule has 0 spiro atoms. The molecule has 98 valence electrons. The van der Waals surface area contributed by atoms with Crippen molar-refractivity contribution >= 4 is 21.8 Å². The predicted molar refractivity (Wildman–Crippen MR) is 74.2 cm³/mol. The first-order chi connectivity index (χ1) is 8.97. The standard InChI is InChI=1S/C13H11BrFN3O/c1-7-2-4-9(12(16)17)13(18-7)19-8-3-5-11(15)10(14)6-8/h2-6H,1H3,(H3,16,17). The summed E-state index contributed by atoms with van der Waals surface area (Å²) in [5, 5.41) is 7.48. The molecule has 2 rings (SSSR count). The van der Waals surface area contributed by atoms with Gasteiger partial charge in [-0.1, -0.05) is 0 Å². The lowest BCUT2D eigenvalue weighted by Gasteiger charge is -2.10. The van der Waals surface area contributed by atoms with Crippen LogP contribution in [0.5, 0.6) is 11.6 Å². The number of hydrogen-bond acceptors (Lipinski definition) is 3. The van der Waals surface area contributed by atoms with E-state index in [1.807, 2.05) is 0 Å². The smallest absolute Gasteiger partial charge is 0.230 e. The van der Waals surface area contributed by atoms with Gasteiger partial charge in [0.15, 0.2) is 0 Å². The zero-order valence-electron chi connectivity index (χ0n) is 10.1. The van der Waals surface area contributed by atoms with Crippen molar-refractivity contribution in [3.63, 3.8) is 0 Å². The van der Waals surface area contributed by atoms with E-state index in [-0.39, 0.29) is 17.5 Å². The van der Waals surface area contributed by atoms with Gasteiger partial charge >= 0.3 is 0 Å². The third kappa shape index (κ3) is 3.08. The first-order valence-electron chi connectivity index (χ1n) is 5.42. The molecule has 3 N–H and O–H groups in total. The van der Waals surface area contributed by atoms with E-state index in [9.17, 15) is 4.39 Å². The van der Waals surface area contributed by atoms with Crippen molar-refractivity contribution in [3.05, 3.63) is 51.9 Å². The maximum atomic E-state index is 13.1. The molecule has 0 aliphatic carbocycles. The topological polar surface area (TPSA) is 72.0 Å². The number of nitrogen functional groups attached to an aromatic ring is 1. The minimum absolute atomic E-state index is 0.135. The monoisotopic (exact) mass is 323 g/mol. The maximum absolute atomic E-state index is 13.1. The Bertz CT molecular complexity index is 646. The van der Waals surface area contributed by atoms with Gasteiger partial charge in [0.1, 0.15) is 17.4 Å². The van der Waals surface area contributed by atoms with E-state index >= 15 is 0 Å². The lowest BCUT2D eigenvalue weighted by Crippen LogP contribution is -2.13. The first kappa shape index (κ1) is 13.5. The Labute approximate surface area is 118 Å². The molecular weight excluding hydrogens is 313 g/mol. The molecule has 2 aromatic rings. The van der Waals surface area contributed by atoms with E-state index in [1.54, 1.807) is 19.1 Å².